The minimum Gasteiger partial charge on any atom is -0.349 e. The number of benzene rings is 3. The summed E-state index contributed by atoms with van der Waals surface area (Å²) in [6.07, 6.45) is 2.11. The Bertz CT molecular complexity index is 1050. The van der Waals surface area contributed by atoms with Crippen LogP contribution in [0.25, 0.3) is 10.9 Å². The number of hydrogen-bond donors (Lipinski definition) is 0. The van der Waals surface area contributed by atoms with Gasteiger partial charge in [-0.1, -0.05) is 78.9 Å². The van der Waals surface area contributed by atoms with E-state index in [4.69, 9.17) is 0 Å². The van der Waals surface area contributed by atoms with E-state index < -0.39 is 0 Å². The van der Waals surface area contributed by atoms with E-state index >= 15 is 0 Å². The third-order valence-electron chi connectivity index (χ3n) is 5.00. The first-order valence-corrected chi connectivity index (χ1v) is 10.7. The molecule has 146 valence electrons. The summed E-state index contributed by atoms with van der Waals surface area (Å²) in [6.45, 7) is 1.23. The predicted molar refractivity (Wildman–Crippen MR) is 121 cm³/mol. The highest BCUT2D eigenvalue weighted by molar-refractivity contribution is 8.00. The fourth-order valence-electron chi connectivity index (χ4n) is 3.49. The molecule has 0 aliphatic rings. The van der Waals surface area contributed by atoms with Crippen molar-refractivity contribution in [3.8, 4) is 0 Å². The van der Waals surface area contributed by atoms with Gasteiger partial charge in [0, 0.05) is 42.1 Å². The van der Waals surface area contributed by atoms with Crippen molar-refractivity contribution in [2.45, 2.75) is 18.0 Å². The third kappa shape index (κ3) is 4.72. The molecule has 0 N–H and O–H groups in total. The van der Waals surface area contributed by atoms with Gasteiger partial charge in [0.25, 0.3) is 0 Å². The normalized spacial score (nSPS) is 10.9. The summed E-state index contributed by atoms with van der Waals surface area (Å²) in [5, 5.41) is 1.20. The standard InChI is InChI=1S/C25H24N2OS/c1-26-18-24(22-14-8-9-15-23(22)26)29-19-25(28)27(16-20-10-4-2-5-11-20)17-21-12-6-3-7-13-21/h2-15,18H,16-17,19H2,1H3. The molecule has 0 saturated heterocycles. The average molecular weight is 401 g/mol. The quantitative estimate of drug-likeness (QED) is 0.383. The van der Waals surface area contributed by atoms with Crippen LogP contribution in [-0.4, -0.2) is 21.1 Å². The van der Waals surface area contributed by atoms with Gasteiger partial charge < -0.3 is 9.47 Å². The van der Waals surface area contributed by atoms with Gasteiger partial charge in [0.05, 0.1) is 5.75 Å². The van der Waals surface area contributed by atoms with E-state index in [-0.39, 0.29) is 5.91 Å². The van der Waals surface area contributed by atoms with Gasteiger partial charge in [0.15, 0.2) is 0 Å². The second-order valence-corrected chi connectivity index (χ2v) is 8.15. The van der Waals surface area contributed by atoms with Crippen LogP contribution in [0.15, 0.2) is 96.0 Å². The molecule has 0 fully saturated rings. The van der Waals surface area contributed by atoms with Crippen LogP contribution in [0.1, 0.15) is 11.1 Å². The van der Waals surface area contributed by atoms with E-state index in [1.807, 2.05) is 60.5 Å². The average Bonchev–Trinajstić information content (AvgIpc) is 3.09. The van der Waals surface area contributed by atoms with E-state index in [2.05, 4.69) is 47.2 Å². The lowest BCUT2D eigenvalue weighted by atomic mass is 10.1. The molecule has 1 amide bonds. The number of carbonyl (C=O) groups is 1. The second-order valence-electron chi connectivity index (χ2n) is 7.13. The zero-order chi connectivity index (χ0) is 20.1. The number of aromatic nitrogens is 1. The van der Waals surface area contributed by atoms with Gasteiger partial charge in [-0.25, -0.2) is 0 Å². The van der Waals surface area contributed by atoms with E-state index in [1.165, 1.54) is 10.9 Å². The smallest absolute Gasteiger partial charge is 0.233 e. The number of nitrogens with zero attached hydrogens (tertiary/aromatic N) is 2. The zero-order valence-electron chi connectivity index (χ0n) is 16.5. The Morgan fingerprint density at radius 1 is 0.828 bits per heavy atom. The van der Waals surface area contributed by atoms with Crippen molar-refractivity contribution < 1.29 is 4.79 Å². The minimum atomic E-state index is 0.149. The van der Waals surface area contributed by atoms with Gasteiger partial charge in [-0.2, -0.15) is 0 Å². The SMILES string of the molecule is Cn1cc(SCC(=O)N(Cc2ccccc2)Cc2ccccc2)c2ccccc21. The Hall–Kier alpha value is -2.98. The van der Waals surface area contributed by atoms with E-state index in [0.717, 1.165) is 16.0 Å². The number of rotatable bonds is 7. The molecule has 4 rings (SSSR count). The Morgan fingerprint density at radius 2 is 1.38 bits per heavy atom. The van der Waals surface area contributed by atoms with Crippen LogP contribution in [0.2, 0.25) is 0 Å². The number of hydrogen-bond acceptors (Lipinski definition) is 2. The van der Waals surface area contributed by atoms with Gasteiger partial charge in [-0.3, -0.25) is 4.79 Å². The summed E-state index contributed by atoms with van der Waals surface area (Å²) in [5.41, 5.74) is 3.48. The van der Waals surface area contributed by atoms with Crippen LogP contribution >= 0.6 is 11.8 Å². The highest BCUT2D eigenvalue weighted by Crippen LogP contribution is 2.29. The van der Waals surface area contributed by atoms with Crippen molar-refractivity contribution in [1.29, 1.82) is 0 Å². The summed E-state index contributed by atoms with van der Waals surface area (Å²) in [4.78, 5) is 16.3. The fraction of sp³-hybridized carbons (Fsp3) is 0.160. The number of amides is 1. The molecule has 0 aliphatic carbocycles. The Kier molecular flexibility index (Phi) is 6.01. The largest absolute Gasteiger partial charge is 0.349 e. The highest BCUT2D eigenvalue weighted by Gasteiger charge is 2.16. The molecule has 4 aromatic rings. The first-order chi connectivity index (χ1) is 14.2. The number of fused-ring (bicyclic) bond motifs is 1. The molecule has 1 heterocycles. The molecule has 4 heteroatoms. The summed E-state index contributed by atoms with van der Waals surface area (Å²) in [6, 6.07) is 28.7. The van der Waals surface area contributed by atoms with Crippen LogP contribution < -0.4 is 0 Å². The molecule has 0 radical (unpaired) electrons. The van der Waals surface area contributed by atoms with Gasteiger partial charge in [-0.05, 0) is 17.2 Å². The van der Waals surface area contributed by atoms with E-state index in [1.54, 1.807) is 11.8 Å². The maximum atomic E-state index is 13.2. The van der Waals surface area contributed by atoms with Gasteiger partial charge >= 0.3 is 0 Å². The van der Waals surface area contributed by atoms with Crippen LogP contribution in [0.4, 0.5) is 0 Å². The first kappa shape index (κ1) is 19.3. The van der Waals surface area contributed by atoms with Gasteiger partial charge in [0.1, 0.15) is 0 Å². The summed E-state index contributed by atoms with van der Waals surface area (Å²) < 4.78 is 2.12. The monoisotopic (exact) mass is 400 g/mol. The first-order valence-electron chi connectivity index (χ1n) is 9.73. The predicted octanol–water partition coefficient (Wildman–Crippen LogP) is 5.50. The molecule has 0 bridgehead atoms. The molecule has 0 saturated carbocycles. The second kappa shape index (κ2) is 9.01. The summed E-state index contributed by atoms with van der Waals surface area (Å²) in [5.74, 6) is 0.573. The lowest BCUT2D eigenvalue weighted by Crippen LogP contribution is -2.31. The maximum absolute atomic E-state index is 13.2. The lowest BCUT2D eigenvalue weighted by Gasteiger charge is -2.23. The Balaban J connectivity index is 1.50. The van der Waals surface area contributed by atoms with Crippen molar-refractivity contribution >= 4 is 28.6 Å². The molecule has 3 nitrogen and oxygen atoms in total. The molecule has 0 atom stereocenters. The van der Waals surface area contributed by atoms with Gasteiger partial charge in [-0.15, -0.1) is 11.8 Å². The van der Waals surface area contributed by atoms with Crippen molar-refractivity contribution in [3.63, 3.8) is 0 Å². The van der Waals surface area contributed by atoms with E-state index in [0.29, 0.717) is 18.8 Å². The third-order valence-corrected chi connectivity index (χ3v) is 6.02. The highest BCUT2D eigenvalue weighted by atomic mass is 32.2. The van der Waals surface area contributed by atoms with Crippen LogP contribution in [-0.2, 0) is 24.9 Å². The Labute approximate surface area is 176 Å². The van der Waals surface area contributed by atoms with Crippen LogP contribution in [0, 0.1) is 0 Å². The molecule has 1 aromatic heterocycles. The maximum Gasteiger partial charge on any atom is 0.233 e. The van der Waals surface area contributed by atoms with Crippen LogP contribution in [0.5, 0.6) is 0 Å². The molecule has 0 spiro atoms. The molecular weight excluding hydrogens is 376 g/mol. The molecular formula is C25H24N2OS. The van der Waals surface area contributed by atoms with Crippen molar-refractivity contribution in [2.75, 3.05) is 5.75 Å². The van der Waals surface area contributed by atoms with Crippen molar-refractivity contribution in [3.05, 3.63) is 102 Å². The number of thioether (sulfide) groups is 1. The fourth-order valence-corrected chi connectivity index (χ4v) is 4.51. The Morgan fingerprint density at radius 3 is 2.00 bits per heavy atom. The van der Waals surface area contributed by atoms with Gasteiger partial charge in [0.2, 0.25) is 5.91 Å². The topological polar surface area (TPSA) is 25.2 Å². The molecule has 3 aromatic carbocycles. The number of carbonyl (C=O) groups excluding carboxylic acids is 1. The lowest BCUT2D eigenvalue weighted by molar-refractivity contribution is -0.129. The molecule has 29 heavy (non-hydrogen) atoms. The van der Waals surface area contributed by atoms with Crippen LogP contribution in [0.3, 0.4) is 0 Å². The van der Waals surface area contributed by atoms with E-state index in [9.17, 15) is 4.79 Å². The minimum absolute atomic E-state index is 0.149. The number of aryl methyl sites for hydroxylation is 1. The molecule has 0 aliphatic heterocycles. The van der Waals surface area contributed by atoms with Crippen molar-refractivity contribution in [1.82, 2.24) is 9.47 Å². The zero-order valence-corrected chi connectivity index (χ0v) is 17.3. The van der Waals surface area contributed by atoms with Crippen molar-refractivity contribution in [2.24, 2.45) is 7.05 Å². The number of para-hydroxylation sites is 1. The molecule has 0 unspecified atom stereocenters. The summed E-state index contributed by atoms with van der Waals surface area (Å²) in [7, 11) is 2.05. The summed E-state index contributed by atoms with van der Waals surface area (Å²) >= 11 is 1.62.